The van der Waals surface area contributed by atoms with Gasteiger partial charge >= 0.3 is 12.4 Å². The van der Waals surface area contributed by atoms with E-state index in [2.05, 4.69) is 5.32 Å². The molecule has 3 aromatic carbocycles. The van der Waals surface area contributed by atoms with E-state index in [1.54, 1.807) is 6.07 Å². The molecule has 246 valence electrons. The van der Waals surface area contributed by atoms with Gasteiger partial charge in [-0.1, -0.05) is 46.9 Å². The van der Waals surface area contributed by atoms with Gasteiger partial charge in [0.1, 0.15) is 16.0 Å². The van der Waals surface area contributed by atoms with E-state index in [4.69, 9.17) is 58.0 Å². The van der Waals surface area contributed by atoms with E-state index in [1.165, 1.54) is 24.3 Å². The Morgan fingerprint density at radius 1 is 0.804 bits per heavy atom. The Morgan fingerprint density at radius 2 is 1.41 bits per heavy atom. The predicted molar refractivity (Wildman–Crippen MR) is 156 cm³/mol. The number of ketones is 2. The van der Waals surface area contributed by atoms with Crippen molar-refractivity contribution < 1.29 is 49.5 Å². The first kappa shape index (κ1) is 36.2. The SMILES string of the molecule is O=C(Cc1ccc(F)c(CC(=O)C(C(F)(F)F)C(F)(F)F)c1F)c1cc(NC(=O)[C@H]2[C@H](c3ccc(Cl)c(Cl)c3)C2(Cl)Cl)ccc1Cl. The lowest BCUT2D eigenvalue weighted by Crippen LogP contribution is -2.43. The third kappa shape index (κ3) is 7.57. The van der Waals surface area contributed by atoms with Crippen LogP contribution >= 0.6 is 58.0 Å². The van der Waals surface area contributed by atoms with E-state index in [-0.39, 0.29) is 26.3 Å². The highest BCUT2D eigenvalue weighted by Crippen LogP contribution is 2.65. The van der Waals surface area contributed by atoms with Crippen LogP contribution in [0.2, 0.25) is 15.1 Å². The van der Waals surface area contributed by atoms with Gasteiger partial charge in [-0.25, -0.2) is 8.78 Å². The summed E-state index contributed by atoms with van der Waals surface area (Å²) in [7, 11) is 0. The molecule has 0 spiro atoms. The van der Waals surface area contributed by atoms with E-state index < -0.39 is 87.5 Å². The number of anilines is 1. The van der Waals surface area contributed by atoms with Gasteiger partial charge in [-0.2, -0.15) is 26.3 Å². The van der Waals surface area contributed by atoms with Crippen LogP contribution in [-0.4, -0.2) is 34.2 Å². The topological polar surface area (TPSA) is 63.2 Å². The monoisotopic (exact) mass is 753 g/mol. The zero-order chi connectivity index (χ0) is 34.5. The normalized spacial score (nSPS) is 17.6. The van der Waals surface area contributed by atoms with E-state index in [0.29, 0.717) is 11.6 Å². The highest BCUT2D eigenvalue weighted by Gasteiger charge is 2.67. The van der Waals surface area contributed by atoms with E-state index in [0.717, 1.165) is 12.1 Å². The summed E-state index contributed by atoms with van der Waals surface area (Å²) in [5.41, 5.74) is -1.76. The van der Waals surface area contributed by atoms with Gasteiger partial charge in [0.25, 0.3) is 0 Å². The molecule has 1 saturated carbocycles. The second-order valence-electron chi connectivity index (χ2n) is 10.2. The number of halogens is 13. The highest BCUT2D eigenvalue weighted by molar-refractivity contribution is 6.53. The summed E-state index contributed by atoms with van der Waals surface area (Å²) < 4.78 is 106. The fourth-order valence-electron chi connectivity index (χ4n) is 4.85. The van der Waals surface area contributed by atoms with Crippen molar-refractivity contribution in [2.45, 2.75) is 35.4 Å². The molecular weight excluding hydrogens is 740 g/mol. The number of Topliss-reactive ketones (excluding diaryl/α,β-unsaturated/α-hetero) is 2. The Kier molecular flexibility index (Phi) is 10.3. The Hall–Kier alpha value is -2.64. The van der Waals surface area contributed by atoms with Gasteiger partial charge in [-0.05, 0) is 47.5 Å². The number of alkyl halides is 8. The number of benzene rings is 3. The number of hydrogen-bond acceptors (Lipinski definition) is 3. The smallest absolute Gasteiger partial charge is 0.326 e. The molecule has 4 nitrogen and oxygen atoms in total. The summed E-state index contributed by atoms with van der Waals surface area (Å²) >= 11 is 30.8. The van der Waals surface area contributed by atoms with Gasteiger partial charge in [-0.15, -0.1) is 23.2 Å². The zero-order valence-electron chi connectivity index (χ0n) is 22.4. The van der Waals surface area contributed by atoms with Crippen molar-refractivity contribution in [3.05, 3.63) is 97.5 Å². The van der Waals surface area contributed by atoms with Crippen molar-refractivity contribution in [2.75, 3.05) is 5.32 Å². The highest BCUT2D eigenvalue weighted by atomic mass is 35.5. The third-order valence-electron chi connectivity index (χ3n) is 7.12. The van der Waals surface area contributed by atoms with Gasteiger partial charge in [-0.3, -0.25) is 14.4 Å². The summed E-state index contributed by atoms with van der Waals surface area (Å²) in [6, 6.07) is 9.46. The first-order valence-corrected chi connectivity index (χ1v) is 14.6. The molecule has 46 heavy (non-hydrogen) atoms. The Bertz CT molecular complexity index is 1710. The molecule has 1 aliphatic rings. The minimum absolute atomic E-state index is 0.0258. The van der Waals surface area contributed by atoms with Crippen LogP contribution in [0, 0.1) is 23.5 Å². The Labute approximate surface area is 279 Å². The summed E-state index contributed by atoms with van der Waals surface area (Å²) in [5, 5.41) is 2.83. The lowest BCUT2D eigenvalue weighted by atomic mass is 9.93. The van der Waals surface area contributed by atoms with Crippen LogP contribution in [-0.2, 0) is 22.4 Å². The molecule has 3 aromatic rings. The van der Waals surface area contributed by atoms with Crippen molar-refractivity contribution in [2.24, 2.45) is 11.8 Å². The fraction of sp³-hybridized carbons (Fsp3) is 0.276. The first-order valence-electron chi connectivity index (χ1n) is 12.7. The summed E-state index contributed by atoms with van der Waals surface area (Å²) in [6.07, 6.45) is -14.9. The van der Waals surface area contributed by atoms with Crippen LogP contribution < -0.4 is 5.32 Å². The van der Waals surface area contributed by atoms with Crippen molar-refractivity contribution in [3.63, 3.8) is 0 Å². The molecule has 0 bridgehead atoms. The van der Waals surface area contributed by atoms with E-state index in [9.17, 15) is 45.1 Å². The molecule has 0 aliphatic heterocycles. The maximum absolute atomic E-state index is 15.1. The number of nitrogens with one attached hydrogen (secondary N) is 1. The molecule has 1 amide bonds. The van der Waals surface area contributed by atoms with Crippen LogP contribution in [0.5, 0.6) is 0 Å². The van der Waals surface area contributed by atoms with Gasteiger partial charge < -0.3 is 5.32 Å². The Balaban J connectivity index is 1.53. The van der Waals surface area contributed by atoms with Crippen LogP contribution in [0.1, 0.15) is 33.0 Å². The molecule has 0 radical (unpaired) electrons. The minimum Gasteiger partial charge on any atom is -0.326 e. The molecule has 0 heterocycles. The van der Waals surface area contributed by atoms with Crippen molar-refractivity contribution >= 4 is 81.2 Å². The number of hydrogen-bond donors (Lipinski definition) is 1. The van der Waals surface area contributed by atoms with E-state index in [1.807, 2.05) is 0 Å². The van der Waals surface area contributed by atoms with Crippen LogP contribution in [0.4, 0.5) is 40.8 Å². The molecule has 2 atom stereocenters. The molecule has 1 fully saturated rings. The van der Waals surface area contributed by atoms with Gasteiger partial charge in [0.15, 0.2) is 11.6 Å². The van der Waals surface area contributed by atoms with Gasteiger partial charge in [0, 0.05) is 35.6 Å². The van der Waals surface area contributed by atoms with Gasteiger partial charge in [0.05, 0.1) is 21.0 Å². The summed E-state index contributed by atoms with van der Waals surface area (Å²) in [6.45, 7) is 0. The van der Waals surface area contributed by atoms with Gasteiger partial charge in [0.2, 0.25) is 11.8 Å². The predicted octanol–water partition coefficient (Wildman–Crippen LogP) is 9.73. The summed E-state index contributed by atoms with van der Waals surface area (Å²) in [5.74, 6) is -13.5. The number of amides is 1. The number of rotatable bonds is 9. The lowest BCUT2D eigenvalue weighted by molar-refractivity contribution is -0.273. The molecule has 17 heteroatoms. The molecule has 0 saturated heterocycles. The lowest BCUT2D eigenvalue weighted by Gasteiger charge is -2.22. The molecule has 1 aliphatic carbocycles. The number of carbonyl (C=O) groups is 3. The second-order valence-corrected chi connectivity index (χ2v) is 12.9. The molecule has 1 N–H and O–H groups in total. The van der Waals surface area contributed by atoms with E-state index >= 15 is 4.39 Å². The average Bonchev–Trinajstić information content (AvgIpc) is 3.50. The largest absolute Gasteiger partial charge is 0.407 e. The molecule has 0 aromatic heterocycles. The van der Waals surface area contributed by atoms with Crippen molar-refractivity contribution in [3.8, 4) is 0 Å². The second kappa shape index (κ2) is 13.1. The minimum atomic E-state index is -6.06. The zero-order valence-corrected chi connectivity index (χ0v) is 26.2. The maximum atomic E-state index is 15.1. The molecule has 4 rings (SSSR count). The quantitative estimate of drug-likeness (QED) is 0.135. The van der Waals surface area contributed by atoms with Crippen LogP contribution in [0.3, 0.4) is 0 Å². The van der Waals surface area contributed by atoms with Crippen molar-refractivity contribution in [1.82, 2.24) is 0 Å². The fourth-order valence-corrected chi connectivity index (χ4v) is 6.21. The molecular formula is C29H16Cl5F8NO3. The third-order valence-corrected chi connectivity index (χ3v) is 9.13. The standard InChI is InChI=1S/C29H16Cl5F8NO3/c30-16-5-3-13(43-26(46)23-22(27(23,33)34)11-1-4-17(31)18(32)7-11)9-14(16)20(44)8-12-2-6-19(35)15(24(12)36)10-21(45)25(28(37,38)39)29(40,41)42/h1-7,9,22-23,25H,8,10H2,(H,43,46)/t22-,23+/m0/s1. The number of carbonyl (C=O) groups excluding carboxylic acids is 3. The average molecular weight is 756 g/mol. The first-order chi connectivity index (χ1) is 21.1. The van der Waals surface area contributed by atoms with Crippen LogP contribution in [0.15, 0.2) is 48.5 Å². The maximum Gasteiger partial charge on any atom is 0.407 e. The molecule has 0 unspecified atom stereocenters. The summed E-state index contributed by atoms with van der Waals surface area (Å²) in [4.78, 5) is 38.1. The Morgan fingerprint density at radius 3 is 2.00 bits per heavy atom. The van der Waals surface area contributed by atoms with Crippen molar-refractivity contribution in [1.29, 1.82) is 0 Å². The van der Waals surface area contributed by atoms with Crippen LogP contribution in [0.25, 0.3) is 0 Å².